The second-order valence-corrected chi connectivity index (χ2v) is 5.50. The summed E-state index contributed by atoms with van der Waals surface area (Å²) in [4.78, 5) is 11.7. The van der Waals surface area contributed by atoms with E-state index in [0.29, 0.717) is 0 Å². The molecule has 0 aliphatic heterocycles. The number of hydrogen-bond donors (Lipinski definition) is 2. The molecule has 0 saturated carbocycles. The third-order valence-corrected chi connectivity index (χ3v) is 3.47. The van der Waals surface area contributed by atoms with Gasteiger partial charge in [-0.3, -0.25) is 4.79 Å². The fourth-order valence-electron chi connectivity index (χ4n) is 1.41. The van der Waals surface area contributed by atoms with Gasteiger partial charge in [-0.05, 0) is 30.9 Å². The van der Waals surface area contributed by atoms with Crippen molar-refractivity contribution >= 4 is 29.0 Å². The van der Waals surface area contributed by atoms with E-state index in [4.69, 9.17) is 5.73 Å². The number of anilines is 2. The average molecular weight is 292 g/mol. The van der Waals surface area contributed by atoms with Crippen LogP contribution < -0.4 is 11.1 Å². The number of halogens is 3. The summed E-state index contributed by atoms with van der Waals surface area (Å²) in [5.41, 5.74) is 4.78. The van der Waals surface area contributed by atoms with Gasteiger partial charge < -0.3 is 11.1 Å². The Morgan fingerprint density at radius 3 is 2.58 bits per heavy atom. The van der Waals surface area contributed by atoms with Crippen LogP contribution in [0.3, 0.4) is 0 Å². The van der Waals surface area contributed by atoms with Crippen molar-refractivity contribution in [1.29, 1.82) is 0 Å². The van der Waals surface area contributed by atoms with E-state index in [2.05, 4.69) is 5.32 Å². The predicted octanol–water partition coefficient (Wildman–Crippen LogP) is 3.37. The molecule has 1 amide bonds. The molecular formula is C12H15F3N2OS. The summed E-state index contributed by atoms with van der Waals surface area (Å²) in [5, 5.41) is 2.24. The number of amides is 1. The zero-order valence-electron chi connectivity index (χ0n) is 10.5. The van der Waals surface area contributed by atoms with Gasteiger partial charge in [0.1, 0.15) is 0 Å². The van der Waals surface area contributed by atoms with Gasteiger partial charge >= 0.3 is 6.18 Å². The molecule has 0 aromatic heterocycles. The van der Waals surface area contributed by atoms with Gasteiger partial charge in [0.25, 0.3) is 0 Å². The molecular weight excluding hydrogens is 277 g/mol. The number of rotatable bonds is 4. The highest BCUT2D eigenvalue weighted by molar-refractivity contribution is 8.00. The molecule has 1 atom stereocenters. The van der Waals surface area contributed by atoms with E-state index in [9.17, 15) is 18.0 Å². The summed E-state index contributed by atoms with van der Waals surface area (Å²) < 4.78 is 37.3. The van der Waals surface area contributed by atoms with Crippen molar-refractivity contribution in [2.24, 2.45) is 0 Å². The van der Waals surface area contributed by atoms with Crippen molar-refractivity contribution in [3.05, 3.63) is 23.8 Å². The van der Waals surface area contributed by atoms with Crippen LogP contribution >= 0.6 is 11.8 Å². The lowest BCUT2D eigenvalue weighted by atomic mass is 10.1. The number of nitrogens with two attached hydrogens (primary N) is 1. The number of nitrogen functional groups attached to an aromatic ring is 1. The zero-order valence-corrected chi connectivity index (χ0v) is 11.4. The largest absolute Gasteiger partial charge is 0.416 e. The number of hydrogen-bond acceptors (Lipinski definition) is 3. The third kappa shape index (κ3) is 4.34. The molecule has 0 saturated heterocycles. The molecule has 0 spiro atoms. The van der Waals surface area contributed by atoms with E-state index in [1.807, 2.05) is 6.92 Å². The van der Waals surface area contributed by atoms with Gasteiger partial charge in [0.2, 0.25) is 5.91 Å². The molecule has 0 aliphatic rings. The van der Waals surface area contributed by atoms with Gasteiger partial charge in [-0.1, -0.05) is 6.92 Å². The van der Waals surface area contributed by atoms with Gasteiger partial charge in [0.15, 0.2) is 0 Å². The Labute approximate surface area is 113 Å². The maximum atomic E-state index is 12.4. The first-order chi connectivity index (χ1) is 8.75. The molecule has 0 bridgehead atoms. The summed E-state index contributed by atoms with van der Waals surface area (Å²) in [6.07, 6.45) is -4.44. The smallest absolute Gasteiger partial charge is 0.397 e. The quantitative estimate of drug-likeness (QED) is 0.837. The first-order valence-corrected chi connectivity index (χ1v) is 6.69. The lowest BCUT2D eigenvalue weighted by molar-refractivity contribution is -0.137. The van der Waals surface area contributed by atoms with Crippen molar-refractivity contribution in [3.8, 4) is 0 Å². The van der Waals surface area contributed by atoms with Crippen LogP contribution in [0.15, 0.2) is 18.2 Å². The molecule has 106 valence electrons. The second-order valence-electron chi connectivity index (χ2n) is 3.89. The molecule has 19 heavy (non-hydrogen) atoms. The van der Waals surface area contributed by atoms with Gasteiger partial charge in [-0.2, -0.15) is 13.2 Å². The molecule has 0 heterocycles. The number of benzene rings is 1. The number of thioether (sulfide) groups is 1. The topological polar surface area (TPSA) is 55.1 Å². The maximum absolute atomic E-state index is 12.4. The summed E-state index contributed by atoms with van der Waals surface area (Å²) in [7, 11) is 0. The molecule has 7 heteroatoms. The molecule has 0 fully saturated rings. The van der Waals surface area contributed by atoms with Crippen molar-refractivity contribution in [2.45, 2.75) is 25.3 Å². The van der Waals surface area contributed by atoms with Crippen LogP contribution in [0.2, 0.25) is 0 Å². The van der Waals surface area contributed by atoms with Crippen LogP contribution in [-0.4, -0.2) is 16.9 Å². The normalized spacial score (nSPS) is 13.1. The highest BCUT2D eigenvalue weighted by atomic mass is 32.2. The number of nitrogens with one attached hydrogen (secondary N) is 1. The first-order valence-electron chi connectivity index (χ1n) is 5.65. The lowest BCUT2D eigenvalue weighted by Gasteiger charge is -2.14. The Bertz CT molecular complexity index is 463. The fraction of sp³-hybridized carbons (Fsp3) is 0.417. The summed E-state index contributed by atoms with van der Waals surface area (Å²) in [6.45, 7) is 3.64. The highest BCUT2D eigenvalue weighted by Gasteiger charge is 2.30. The molecule has 3 nitrogen and oxygen atoms in total. The number of carbonyl (C=O) groups excluding carboxylic acids is 1. The second kappa shape index (κ2) is 6.18. The van der Waals surface area contributed by atoms with Crippen LogP contribution in [0.4, 0.5) is 24.5 Å². The SMILES string of the molecule is CCSC(C)C(=O)Nc1ccc(C(F)(F)F)cc1N. The van der Waals surface area contributed by atoms with Crippen LogP contribution in [0, 0.1) is 0 Å². The molecule has 0 aliphatic carbocycles. The maximum Gasteiger partial charge on any atom is 0.416 e. The fourth-order valence-corrected chi connectivity index (χ4v) is 2.12. The minimum Gasteiger partial charge on any atom is -0.397 e. The van der Waals surface area contributed by atoms with E-state index in [1.54, 1.807) is 6.92 Å². The Kier molecular flexibility index (Phi) is 5.11. The van der Waals surface area contributed by atoms with Gasteiger partial charge in [0.05, 0.1) is 22.2 Å². The lowest BCUT2D eigenvalue weighted by Crippen LogP contribution is -2.23. The summed E-state index contributed by atoms with van der Waals surface area (Å²) >= 11 is 1.44. The van der Waals surface area contributed by atoms with E-state index in [0.717, 1.165) is 17.9 Å². The molecule has 1 unspecified atom stereocenters. The number of carbonyl (C=O) groups is 1. The Morgan fingerprint density at radius 1 is 1.47 bits per heavy atom. The number of alkyl halides is 3. The van der Waals surface area contributed by atoms with Gasteiger partial charge in [0, 0.05) is 0 Å². The van der Waals surface area contributed by atoms with Crippen LogP contribution in [-0.2, 0) is 11.0 Å². The Morgan fingerprint density at radius 2 is 2.11 bits per heavy atom. The van der Waals surface area contributed by atoms with Crippen molar-refractivity contribution in [2.75, 3.05) is 16.8 Å². The highest BCUT2D eigenvalue weighted by Crippen LogP contribution is 2.32. The predicted molar refractivity (Wildman–Crippen MR) is 72.1 cm³/mol. The van der Waals surface area contributed by atoms with E-state index in [1.165, 1.54) is 17.8 Å². The van der Waals surface area contributed by atoms with Gasteiger partial charge in [-0.15, -0.1) is 11.8 Å². The third-order valence-electron chi connectivity index (χ3n) is 2.42. The molecule has 3 N–H and O–H groups in total. The zero-order chi connectivity index (χ0) is 14.6. The molecule has 1 aromatic rings. The Hall–Kier alpha value is -1.37. The van der Waals surface area contributed by atoms with Gasteiger partial charge in [-0.25, -0.2) is 0 Å². The molecule has 1 rings (SSSR count). The minimum absolute atomic E-state index is 0.100. The summed E-state index contributed by atoms with van der Waals surface area (Å²) in [6, 6.07) is 2.87. The molecule has 1 aromatic carbocycles. The summed E-state index contributed by atoms with van der Waals surface area (Å²) in [5.74, 6) is 0.496. The van der Waals surface area contributed by atoms with E-state index in [-0.39, 0.29) is 22.5 Å². The average Bonchev–Trinajstić information content (AvgIpc) is 2.30. The van der Waals surface area contributed by atoms with Crippen molar-refractivity contribution in [1.82, 2.24) is 0 Å². The Balaban J connectivity index is 2.84. The minimum atomic E-state index is -4.44. The van der Waals surface area contributed by atoms with Crippen LogP contribution in [0.1, 0.15) is 19.4 Å². The monoisotopic (exact) mass is 292 g/mol. The van der Waals surface area contributed by atoms with Crippen LogP contribution in [0.25, 0.3) is 0 Å². The standard InChI is InChI=1S/C12H15F3N2OS/c1-3-19-7(2)11(18)17-10-5-4-8(6-9(10)16)12(13,14)15/h4-7H,3,16H2,1-2H3,(H,17,18). The van der Waals surface area contributed by atoms with Crippen molar-refractivity contribution < 1.29 is 18.0 Å². The first kappa shape index (κ1) is 15.7. The van der Waals surface area contributed by atoms with E-state index < -0.39 is 11.7 Å². The van der Waals surface area contributed by atoms with Crippen molar-refractivity contribution in [3.63, 3.8) is 0 Å². The van der Waals surface area contributed by atoms with E-state index >= 15 is 0 Å². The van der Waals surface area contributed by atoms with Crippen LogP contribution in [0.5, 0.6) is 0 Å². The molecule has 0 radical (unpaired) electrons.